The Morgan fingerprint density at radius 2 is 1.86 bits per heavy atom. The summed E-state index contributed by atoms with van der Waals surface area (Å²) in [5, 5.41) is 0.0906. The van der Waals surface area contributed by atoms with E-state index in [-0.39, 0.29) is 22.6 Å². The molecule has 5 nitrogen and oxygen atoms in total. The molecule has 1 aromatic carbocycles. The second kappa shape index (κ2) is 6.76. The third-order valence-electron chi connectivity index (χ3n) is 3.25. The number of piperazine rings is 1. The van der Waals surface area contributed by atoms with Crippen molar-refractivity contribution >= 4 is 23.6 Å². The van der Waals surface area contributed by atoms with E-state index in [1.165, 1.54) is 12.1 Å². The summed E-state index contributed by atoms with van der Waals surface area (Å²) in [6, 6.07) is 3.69. The van der Waals surface area contributed by atoms with Crippen LogP contribution in [0.2, 0.25) is 5.02 Å². The van der Waals surface area contributed by atoms with Crippen LogP contribution in [0.15, 0.2) is 18.2 Å². The van der Waals surface area contributed by atoms with E-state index in [1.807, 2.05) is 0 Å². The van der Waals surface area contributed by atoms with Gasteiger partial charge in [-0.05, 0) is 25.1 Å². The van der Waals surface area contributed by atoms with Crippen molar-refractivity contribution in [3.63, 3.8) is 0 Å². The summed E-state index contributed by atoms with van der Waals surface area (Å²) in [6.45, 7) is 3.67. The highest BCUT2D eigenvalue weighted by atomic mass is 35.5. The second-order valence-electron chi connectivity index (χ2n) is 4.60. The number of carbonyl (C=O) groups excluding carboxylic acids is 2. The summed E-state index contributed by atoms with van der Waals surface area (Å²) in [7, 11) is 0. The molecule has 1 aliphatic heterocycles. The van der Waals surface area contributed by atoms with Gasteiger partial charge < -0.3 is 14.5 Å². The van der Waals surface area contributed by atoms with E-state index < -0.39 is 5.82 Å². The van der Waals surface area contributed by atoms with Crippen LogP contribution >= 0.6 is 11.6 Å². The summed E-state index contributed by atoms with van der Waals surface area (Å²) in [6.07, 6.45) is -0.371. The van der Waals surface area contributed by atoms with Crippen molar-refractivity contribution in [1.82, 2.24) is 9.80 Å². The molecule has 1 fully saturated rings. The maximum atomic E-state index is 13.0. The molecular weight excluding hydrogens is 299 g/mol. The number of ether oxygens (including phenoxy) is 1. The standard InChI is InChI=1S/C14H16ClFN2O3/c1-2-21-14(20)18-7-5-17(6-8-18)13(19)11-4-3-10(16)9-12(11)15/h3-4,9H,2,5-8H2,1H3. The Balaban J connectivity index is 1.98. The topological polar surface area (TPSA) is 49.9 Å². The van der Waals surface area contributed by atoms with Gasteiger partial charge >= 0.3 is 6.09 Å². The lowest BCUT2D eigenvalue weighted by Gasteiger charge is -2.34. The van der Waals surface area contributed by atoms with Crippen molar-refractivity contribution in [3.05, 3.63) is 34.6 Å². The van der Waals surface area contributed by atoms with Gasteiger partial charge in [-0.25, -0.2) is 9.18 Å². The summed E-state index contributed by atoms with van der Waals surface area (Å²) in [5.41, 5.74) is 0.266. The summed E-state index contributed by atoms with van der Waals surface area (Å²) >= 11 is 5.89. The SMILES string of the molecule is CCOC(=O)N1CCN(C(=O)c2ccc(F)cc2Cl)CC1. The Bertz CT molecular complexity index is 545. The lowest BCUT2D eigenvalue weighted by Crippen LogP contribution is -2.50. The van der Waals surface area contributed by atoms with Gasteiger partial charge in [0.25, 0.3) is 5.91 Å². The molecule has 0 N–H and O–H groups in total. The number of benzene rings is 1. The molecule has 1 aromatic rings. The van der Waals surface area contributed by atoms with Gasteiger partial charge in [0.05, 0.1) is 17.2 Å². The highest BCUT2D eigenvalue weighted by molar-refractivity contribution is 6.33. The minimum absolute atomic E-state index is 0.0906. The average Bonchev–Trinajstić information content (AvgIpc) is 2.47. The first kappa shape index (κ1) is 15.6. The predicted octanol–water partition coefficient (Wildman–Crippen LogP) is 2.39. The minimum atomic E-state index is -0.483. The first-order valence-electron chi connectivity index (χ1n) is 6.69. The van der Waals surface area contributed by atoms with Crippen LogP contribution in [-0.2, 0) is 4.74 Å². The first-order chi connectivity index (χ1) is 10.0. The lowest BCUT2D eigenvalue weighted by molar-refractivity contribution is 0.0570. The Hall–Kier alpha value is -1.82. The van der Waals surface area contributed by atoms with Crippen LogP contribution in [0.3, 0.4) is 0 Å². The molecule has 0 unspecified atom stereocenters. The van der Waals surface area contributed by atoms with Crippen LogP contribution in [-0.4, -0.2) is 54.6 Å². The van der Waals surface area contributed by atoms with Crippen molar-refractivity contribution in [1.29, 1.82) is 0 Å². The van der Waals surface area contributed by atoms with Crippen LogP contribution in [0.4, 0.5) is 9.18 Å². The van der Waals surface area contributed by atoms with Gasteiger partial charge in [-0.1, -0.05) is 11.6 Å². The predicted molar refractivity (Wildman–Crippen MR) is 75.9 cm³/mol. The fourth-order valence-electron chi connectivity index (χ4n) is 2.14. The van der Waals surface area contributed by atoms with Gasteiger partial charge in [0.15, 0.2) is 0 Å². The van der Waals surface area contributed by atoms with Crippen molar-refractivity contribution in [2.45, 2.75) is 6.92 Å². The number of carbonyl (C=O) groups is 2. The van der Waals surface area contributed by atoms with Gasteiger partial charge in [0, 0.05) is 26.2 Å². The molecule has 0 saturated carbocycles. The van der Waals surface area contributed by atoms with Crippen LogP contribution in [0.25, 0.3) is 0 Å². The van der Waals surface area contributed by atoms with E-state index in [4.69, 9.17) is 16.3 Å². The van der Waals surface area contributed by atoms with Crippen LogP contribution < -0.4 is 0 Å². The Labute approximate surface area is 127 Å². The van der Waals surface area contributed by atoms with Crippen molar-refractivity contribution in [2.75, 3.05) is 32.8 Å². The molecule has 2 rings (SSSR count). The molecular formula is C14H16ClFN2O3. The second-order valence-corrected chi connectivity index (χ2v) is 5.01. The molecule has 0 spiro atoms. The van der Waals surface area contributed by atoms with Crippen LogP contribution in [0.5, 0.6) is 0 Å². The third-order valence-corrected chi connectivity index (χ3v) is 3.57. The normalized spacial score (nSPS) is 15.0. The van der Waals surface area contributed by atoms with Gasteiger partial charge in [0.2, 0.25) is 0 Å². The molecule has 1 aliphatic rings. The van der Waals surface area contributed by atoms with E-state index in [9.17, 15) is 14.0 Å². The van der Waals surface area contributed by atoms with E-state index in [1.54, 1.807) is 16.7 Å². The van der Waals surface area contributed by atoms with E-state index in [2.05, 4.69) is 0 Å². The van der Waals surface area contributed by atoms with E-state index in [0.717, 1.165) is 6.07 Å². The van der Waals surface area contributed by atoms with Gasteiger partial charge in [0.1, 0.15) is 5.82 Å². The Morgan fingerprint density at radius 1 is 1.24 bits per heavy atom. The highest BCUT2D eigenvalue weighted by Gasteiger charge is 2.26. The summed E-state index contributed by atoms with van der Waals surface area (Å²) in [5.74, 6) is -0.743. The molecule has 7 heteroatoms. The lowest BCUT2D eigenvalue weighted by atomic mass is 10.1. The van der Waals surface area contributed by atoms with Crippen molar-refractivity contribution in [2.24, 2.45) is 0 Å². The van der Waals surface area contributed by atoms with Gasteiger partial charge in [-0.15, -0.1) is 0 Å². The number of hydrogen-bond acceptors (Lipinski definition) is 3. The van der Waals surface area contributed by atoms with Crippen molar-refractivity contribution in [3.8, 4) is 0 Å². The fraction of sp³-hybridized carbons (Fsp3) is 0.429. The number of hydrogen-bond donors (Lipinski definition) is 0. The molecule has 1 saturated heterocycles. The quantitative estimate of drug-likeness (QED) is 0.842. The molecule has 0 aromatic heterocycles. The maximum Gasteiger partial charge on any atom is 0.409 e. The summed E-state index contributed by atoms with van der Waals surface area (Å²) in [4.78, 5) is 27.0. The minimum Gasteiger partial charge on any atom is -0.450 e. The zero-order valence-electron chi connectivity index (χ0n) is 11.6. The zero-order valence-corrected chi connectivity index (χ0v) is 12.4. The molecule has 21 heavy (non-hydrogen) atoms. The van der Waals surface area contributed by atoms with Gasteiger partial charge in [-0.2, -0.15) is 0 Å². The molecule has 1 heterocycles. The summed E-state index contributed by atoms with van der Waals surface area (Å²) < 4.78 is 17.9. The zero-order chi connectivity index (χ0) is 15.4. The Morgan fingerprint density at radius 3 is 2.43 bits per heavy atom. The smallest absolute Gasteiger partial charge is 0.409 e. The highest BCUT2D eigenvalue weighted by Crippen LogP contribution is 2.20. The third kappa shape index (κ3) is 3.64. The number of amides is 2. The average molecular weight is 315 g/mol. The van der Waals surface area contributed by atoms with Crippen LogP contribution in [0.1, 0.15) is 17.3 Å². The van der Waals surface area contributed by atoms with E-state index in [0.29, 0.717) is 32.8 Å². The number of halogens is 2. The van der Waals surface area contributed by atoms with Crippen LogP contribution in [0, 0.1) is 5.82 Å². The molecule has 0 bridgehead atoms. The first-order valence-corrected chi connectivity index (χ1v) is 7.06. The number of nitrogens with zero attached hydrogens (tertiary/aromatic N) is 2. The maximum absolute atomic E-state index is 13.0. The molecule has 0 atom stereocenters. The van der Waals surface area contributed by atoms with Gasteiger partial charge in [-0.3, -0.25) is 4.79 Å². The van der Waals surface area contributed by atoms with E-state index >= 15 is 0 Å². The molecule has 2 amide bonds. The number of rotatable bonds is 2. The van der Waals surface area contributed by atoms with Crippen molar-refractivity contribution < 1.29 is 18.7 Å². The Kier molecular flexibility index (Phi) is 5.01. The molecule has 0 aliphatic carbocycles. The molecule has 0 radical (unpaired) electrons. The molecule has 114 valence electrons. The fourth-order valence-corrected chi connectivity index (χ4v) is 2.39. The largest absolute Gasteiger partial charge is 0.450 e. The monoisotopic (exact) mass is 314 g/mol.